The highest BCUT2D eigenvalue weighted by atomic mass is 32.2. The Hall–Kier alpha value is 0.110. The van der Waals surface area contributed by atoms with Gasteiger partial charge < -0.3 is 4.74 Å². The molecule has 0 saturated carbocycles. The van der Waals surface area contributed by atoms with Crippen LogP contribution in [-0.2, 0) is 15.5 Å². The topological polar surface area (TPSA) is 26.3 Å². The Kier molecular flexibility index (Phi) is 12.9. The van der Waals surface area contributed by atoms with E-state index in [1.165, 1.54) is 44.9 Å². The van der Waals surface area contributed by atoms with E-state index >= 15 is 0 Å². The van der Waals surface area contributed by atoms with Crippen molar-refractivity contribution in [2.75, 3.05) is 19.1 Å². The van der Waals surface area contributed by atoms with Gasteiger partial charge in [0.2, 0.25) is 0 Å². The van der Waals surface area contributed by atoms with E-state index in [0.29, 0.717) is 6.10 Å². The van der Waals surface area contributed by atoms with Crippen molar-refractivity contribution in [1.29, 1.82) is 0 Å². The van der Waals surface area contributed by atoms with Gasteiger partial charge in [0.05, 0.1) is 6.10 Å². The summed E-state index contributed by atoms with van der Waals surface area (Å²) in [5, 5.41) is 0. The molecule has 0 heterocycles. The van der Waals surface area contributed by atoms with E-state index in [1.807, 2.05) is 0 Å². The second kappa shape index (κ2) is 12.8. The summed E-state index contributed by atoms with van der Waals surface area (Å²) in [5.41, 5.74) is 0. The van der Waals surface area contributed by atoms with Gasteiger partial charge in [-0.15, -0.1) is 0 Å². The van der Waals surface area contributed by atoms with Crippen LogP contribution in [0.2, 0.25) is 0 Å². The average molecular weight is 305 g/mol. The summed E-state index contributed by atoms with van der Waals surface area (Å²) in [5.74, 6) is 2.51. The Morgan fingerprint density at radius 3 is 1.75 bits per heavy atom. The third-order valence-corrected chi connectivity index (χ3v) is 5.10. The van der Waals surface area contributed by atoms with Gasteiger partial charge in [-0.25, -0.2) is 0 Å². The van der Waals surface area contributed by atoms with Gasteiger partial charge in [0, 0.05) is 29.9 Å². The van der Waals surface area contributed by atoms with E-state index in [9.17, 15) is 4.21 Å². The molecule has 4 unspecified atom stereocenters. The first-order valence-electron chi connectivity index (χ1n) is 8.28. The number of ether oxygens (including phenoxy) is 1. The molecular formula is C17H36O2S. The Morgan fingerprint density at radius 1 is 0.850 bits per heavy atom. The van der Waals surface area contributed by atoms with Crippen LogP contribution in [0, 0.1) is 11.8 Å². The molecule has 0 radical (unpaired) electrons. The molecular weight excluding hydrogens is 268 g/mol. The van der Waals surface area contributed by atoms with Crippen molar-refractivity contribution in [3.8, 4) is 0 Å². The average Bonchev–Trinajstić information content (AvgIpc) is 2.38. The van der Waals surface area contributed by atoms with Gasteiger partial charge in [0.25, 0.3) is 0 Å². The number of hydrogen-bond donors (Lipinski definition) is 0. The number of hydrogen-bond acceptors (Lipinski definition) is 2. The summed E-state index contributed by atoms with van der Waals surface area (Å²) in [4.78, 5) is 0. The van der Waals surface area contributed by atoms with Gasteiger partial charge in [-0.3, -0.25) is 4.21 Å². The third-order valence-electron chi connectivity index (χ3n) is 4.23. The fourth-order valence-electron chi connectivity index (χ4n) is 2.61. The quantitative estimate of drug-likeness (QED) is 0.489. The minimum atomic E-state index is -0.614. The van der Waals surface area contributed by atoms with Crippen molar-refractivity contribution in [1.82, 2.24) is 0 Å². The minimum absolute atomic E-state index is 0.409. The van der Waals surface area contributed by atoms with Crippen molar-refractivity contribution in [2.24, 2.45) is 11.8 Å². The van der Waals surface area contributed by atoms with Crippen LogP contribution in [0.15, 0.2) is 0 Å². The lowest BCUT2D eigenvalue weighted by Gasteiger charge is -2.15. The van der Waals surface area contributed by atoms with Gasteiger partial charge in [0.15, 0.2) is 0 Å². The monoisotopic (exact) mass is 304 g/mol. The fraction of sp³-hybridized carbons (Fsp3) is 1.00. The standard InChI is InChI=1S/C17H36O2S/c1-15(11-7-13-17(3)19-4)9-6-10-16(2)12-8-14-20(5)18/h15-17H,6-14H2,1-5H3. The van der Waals surface area contributed by atoms with Gasteiger partial charge >= 0.3 is 0 Å². The fourth-order valence-corrected chi connectivity index (χ4v) is 3.18. The predicted molar refractivity (Wildman–Crippen MR) is 90.7 cm³/mol. The first-order chi connectivity index (χ1) is 9.45. The molecule has 20 heavy (non-hydrogen) atoms. The van der Waals surface area contributed by atoms with Gasteiger partial charge in [-0.2, -0.15) is 0 Å². The lowest BCUT2D eigenvalue weighted by atomic mass is 9.93. The van der Waals surface area contributed by atoms with Crippen molar-refractivity contribution >= 4 is 10.8 Å². The first-order valence-corrected chi connectivity index (χ1v) is 10.0. The second-order valence-corrected chi connectivity index (χ2v) is 8.09. The molecule has 3 heteroatoms. The van der Waals surface area contributed by atoms with Crippen molar-refractivity contribution in [3.05, 3.63) is 0 Å². The molecule has 0 N–H and O–H groups in total. The van der Waals surface area contributed by atoms with E-state index in [1.54, 1.807) is 13.4 Å². The molecule has 0 aliphatic carbocycles. The molecule has 0 aliphatic rings. The van der Waals surface area contributed by atoms with Crippen molar-refractivity contribution < 1.29 is 8.95 Å². The van der Waals surface area contributed by atoms with Gasteiger partial charge in [-0.1, -0.05) is 46.0 Å². The Labute approximate surface area is 129 Å². The second-order valence-electron chi connectivity index (χ2n) is 6.54. The van der Waals surface area contributed by atoms with Crippen LogP contribution in [0.1, 0.15) is 72.1 Å². The zero-order chi connectivity index (χ0) is 15.4. The molecule has 0 aromatic heterocycles. The molecule has 4 atom stereocenters. The summed E-state index contributed by atoms with van der Waals surface area (Å²) < 4.78 is 16.3. The lowest BCUT2D eigenvalue weighted by Crippen LogP contribution is -2.06. The summed E-state index contributed by atoms with van der Waals surface area (Å²) in [7, 11) is 1.18. The van der Waals surface area contributed by atoms with Crippen LogP contribution >= 0.6 is 0 Å². The SMILES string of the molecule is COC(C)CCCC(C)CCCC(C)CCCS(C)=O. The lowest BCUT2D eigenvalue weighted by molar-refractivity contribution is 0.107. The maximum absolute atomic E-state index is 11.0. The van der Waals surface area contributed by atoms with Crippen LogP contribution in [0.25, 0.3) is 0 Å². The van der Waals surface area contributed by atoms with Crippen molar-refractivity contribution in [2.45, 2.75) is 78.2 Å². The Bertz CT molecular complexity index is 243. The molecule has 0 spiro atoms. The highest BCUT2D eigenvalue weighted by Crippen LogP contribution is 2.20. The molecule has 0 aromatic carbocycles. The Balaban J connectivity index is 3.45. The van der Waals surface area contributed by atoms with Crippen molar-refractivity contribution in [3.63, 3.8) is 0 Å². The van der Waals surface area contributed by atoms with E-state index in [2.05, 4.69) is 20.8 Å². The van der Waals surface area contributed by atoms with Gasteiger partial charge in [0.1, 0.15) is 0 Å². The molecule has 0 rings (SSSR count). The van der Waals surface area contributed by atoms with Crippen LogP contribution in [0.3, 0.4) is 0 Å². The van der Waals surface area contributed by atoms with Crippen LogP contribution in [0.4, 0.5) is 0 Å². The molecule has 0 aromatic rings. The zero-order valence-corrected chi connectivity index (χ0v) is 15.1. The zero-order valence-electron chi connectivity index (χ0n) is 14.3. The van der Waals surface area contributed by atoms with E-state index in [-0.39, 0.29) is 0 Å². The number of methoxy groups -OCH3 is 1. The molecule has 2 nitrogen and oxygen atoms in total. The van der Waals surface area contributed by atoms with E-state index in [0.717, 1.165) is 24.0 Å². The third kappa shape index (κ3) is 13.1. The number of rotatable bonds is 13. The summed E-state index contributed by atoms with van der Waals surface area (Å²) in [6.07, 6.45) is 12.4. The summed E-state index contributed by atoms with van der Waals surface area (Å²) >= 11 is 0. The molecule has 0 saturated heterocycles. The highest BCUT2D eigenvalue weighted by molar-refractivity contribution is 7.84. The molecule has 0 amide bonds. The Morgan fingerprint density at radius 2 is 1.30 bits per heavy atom. The van der Waals surface area contributed by atoms with Gasteiger partial charge in [-0.05, 0) is 38.0 Å². The highest BCUT2D eigenvalue weighted by Gasteiger charge is 2.07. The molecule has 0 aliphatic heterocycles. The summed E-state index contributed by atoms with van der Waals surface area (Å²) in [6.45, 7) is 6.86. The van der Waals surface area contributed by atoms with E-state index in [4.69, 9.17) is 4.74 Å². The normalized spacial score (nSPS) is 17.6. The van der Waals surface area contributed by atoms with Crippen LogP contribution in [0.5, 0.6) is 0 Å². The molecule has 0 bridgehead atoms. The molecule has 122 valence electrons. The maximum Gasteiger partial charge on any atom is 0.0543 e. The largest absolute Gasteiger partial charge is 0.382 e. The summed E-state index contributed by atoms with van der Waals surface area (Å²) in [6, 6.07) is 0. The minimum Gasteiger partial charge on any atom is -0.382 e. The van der Waals surface area contributed by atoms with Crippen LogP contribution < -0.4 is 0 Å². The smallest absolute Gasteiger partial charge is 0.0543 e. The van der Waals surface area contributed by atoms with E-state index < -0.39 is 10.8 Å². The first kappa shape index (κ1) is 20.1. The maximum atomic E-state index is 11.0. The molecule has 0 fully saturated rings. The van der Waals surface area contributed by atoms with Crippen LogP contribution in [-0.4, -0.2) is 29.4 Å². The predicted octanol–water partition coefficient (Wildman–Crippen LogP) is 4.79.